The summed E-state index contributed by atoms with van der Waals surface area (Å²) in [6, 6.07) is 15.9. The molecule has 0 aliphatic carbocycles. The van der Waals surface area contributed by atoms with Crippen molar-refractivity contribution in [2.24, 2.45) is 0 Å². The van der Waals surface area contributed by atoms with Crippen LogP contribution in [0.4, 0.5) is 16.3 Å². The van der Waals surface area contributed by atoms with Gasteiger partial charge < -0.3 is 20.3 Å². The SMILES string of the molecule is CCCCCN(CC(=O)Nc1cc(C(C)(C)C)nn1-c1cccc(C)c1)C(=O)Nc1ccc(C(=O)OCC)cc1. The van der Waals surface area contributed by atoms with Crippen molar-refractivity contribution in [3.8, 4) is 5.69 Å². The summed E-state index contributed by atoms with van der Waals surface area (Å²) in [5.74, 6) is -0.194. The summed E-state index contributed by atoms with van der Waals surface area (Å²) in [7, 11) is 0. The maximum absolute atomic E-state index is 13.3. The molecule has 40 heavy (non-hydrogen) atoms. The maximum Gasteiger partial charge on any atom is 0.338 e. The molecule has 0 saturated carbocycles. The number of nitrogens with zero attached hydrogens (tertiary/aromatic N) is 3. The highest BCUT2D eigenvalue weighted by molar-refractivity contribution is 5.97. The largest absolute Gasteiger partial charge is 0.462 e. The van der Waals surface area contributed by atoms with E-state index in [1.54, 1.807) is 35.9 Å². The topological polar surface area (TPSA) is 106 Å². The molecule has 9 nitrogen and oxygen atoms in total. The highest BCUT2D eigenvalue weighted by atomic mass is 16.5. The number of hydrogen-bond donors (Lipinski definition) is 2. The monoisotopic (exact) mass is 547 g/mol. The van der Waals surface area contributed by atoms with Crippen molar-refractivity contribution >= 4 is 29.4 Å². The molecule has 214 valence electrons. The Morgan fingerprint density at radius 2 is 1.70 bits per heavy atom. The fraction of sp³-hybridized carbons (Fsp3) is 0.419. The third-order valence-electron chi connectivity index (χ3n) is 6.29. The third-order valence-corrected chi connectivity index (χ3v) is 6.29. The molecule has 0 unspecified atom stereocenters. The molecule has 0 radical (unpaired) electrons. The van der Waals surface area contributed by atoms with Crippen molar-refractivity contribution in [3.05, 3.63) is 71.4 Å². The summed E-state index contributed by atoms with van der Waals surface area (Å²) in [4.78, 5) is 39.9. The van der Waals surface area contributed by atoms with Crippen molar-refractivity contribution in [2.75, 3.05) is 30.3 Å². The van der Waals surface area contributed by atoms with Crippen LogP contribution in [0, 0.1) is 6.92 Å². The second-order valence-corrected chi connectivity index (χ2v) is 10.8. The molecule has 3 aromatic rings. The number of urea groups is 1. The van der Waals surface area contributed by atoms with Crippen LogP contribution in [-0.4, -0.2) is 52.3 Å². The Morgan fingerprint density at radius 1 is 0.975 bits per heavy atom. The van der Waals surface area contributed by atoms with E-state index in [1.165, 1.54) is 4.90 Å². The fourth-order valence-corrected chi connectivity index (χ4v) is 4.06. The predicted molar refractivity (Wildman–Crippen MR) is 158 cm³/mol. The van der Waals surface area contributed by atoms with E-state index < -0.39 is 12.0 Å². The number of ether oxygens (including phenoxy) is 1. The number of benzene rings is 2. The van der Waals surface area contributed by atoms with Gasteiger partial charge in [0.1, 0.15) is 12.4 Å². The Hall–Kier alpha value is -4.14. The van der Waals surface area contributed by atoms with Crippen LogP contribution in [0.2, 0.25) is 0 Å². The molecule has 0 aliphatic heterocycles. The number of carbonyl (C=O) groups excluding carboxylic acids is 3. The van der Waals surface area contributed by atoms with Crippen LogP contribution in [0.15, 0.2) is 54.6 Å². The van der Waals surface area contributed by atoms with Crippen LogP contribution in [-0.2, 0) is 14.9 Å². The molecule has 9 heteroatoms. The van der Waals surface area contributed by atoms with E-state index in [1.807, 2.05) is 37.3 Å². The lowest BCUT2D eigenvalue weighted by Gasteiger charge is -2.23. The van der Waals surface area contributed by atoms with Crippen LogP contribution in [0.25, 0.3) is 5.69 Å². The quantitative estimate of drug-likeness (QED) is 0.216. The second-order valence-electron chi connectivity index (χ2n) is 10.8. The van der Waals surface area contributed by atoms with Crippen molar-refractivity contribution in [3.63, 3.8) is 0 Å². The number of nitrogens with one attached hydrogen (secondary N) is 2. The zero-order chi connectivity index (χ0) is 29.3. The Kier molecular flexibility index (Phi) is 10.5. The third kappa shape index (κ3) is 8.43. The van der Waals surface area contributed by atoms with Gasteiger partial charge in [-0.2, -0.15) is 5.10 Å². The van der Waals surface area contributed by atoms with E-state index in [2.05, 4.69) is 38.3 Å². The molecular formula is C31H41N5O4. The molecule has 0 atom stereocenters. The molecule has 1 aromatic heterocycles. The minimum absolute atomic E-state index is 0.125. The number of aryl methyl sites for hydroxylation is 1. The first-order chi connectivity index (χ1) is 19.0. The first-order valence-corrected chi connectivity index (χ1v) is 13.8. The van der Waals surface area contributed by atoms with Gasteiger partial charge in [0.05, 0.1) is 23.6 Å². The normalized spacial score (nSPS) is 11.2. The minimum Gasteiger partial charge on any atom is -0.462 e. The second kappa shape index (κ2) is 13.8. The van der Waals surface area contributed by atoms with Crippen molar-refractivity contribution in [2.45, 2.75) is 66.2 Å². The van der Waals surface area contributed by atoms with Gasteiger partial charge in [-0.1, -0.05) is 52.7 Å². The highest BCUT2D eigenvalue weighted by Crippen LogP contribution is 2.26. The number of esters is 1. The number of rotatable bonds is 11. The molecule has 0 aliphatic rings. The zero-order valence-electron chi connectivity index (χ0n) is 24.4. The van der Waals surface area contributed by atoms with Gasteiger partial charge >= 0.3 is 12.0 Å². The van der Waals surface area contributed by atoms with Crippen LogP contribution < -0.4 is 10.6 Å². The molecule has 0 saturated heterocycles. The summed E-state index contributed by atoms with van der Waals surface area (Å²) in [5, 5.41) is 10.6. The van der Waals surface area contributed by atoms with Gasteiger partial charge in [0, 0.05) is 23.7 Å². The molecule has 1 heterocycles. The first kappa shape index (κ1) is 30.4. The Morgan fingerprint density at radius 3 is 2.33 bits per heavy atom. The van der Waals surface area contributed by atoms with E-state index in [-0.39, 0.29) is 24.5 Å². The fourth-order valence-electron chi connectivity index (χ4n) is 4.06. The molecule has 3 rings (SSSR count). The Bertz CT molecular complexity index is 1310. The van der Waals surface area contributed by atoms with Gasteiger partial charge in [-0.25, -0.2) is 14.3 Å². The number of hydrogen-bond acceptors (Lipinski definition) is 5. The first-order valence-electron chi connectivity index (χ1n) is 13.8. The number of carbonyl (C=O) groups is 3. The van der Waals surface area contributed by atoms with E-state index >= 15 is 0 Å². The summed E-state index contributed by atoms with van der Waals surface area (Å²) in [5.41, 5.74) is 3.47. The summed E-state index contributed by atoms with van der Waals surface area (Å²) >= 11 is 0. The molecule has 0 fully saturated rings. The number of anilines is 2. The van der Waals surface area contributed by atoms with Gasteiger partial charge in [0.15, 0.2) is 0 Å². The lowest BCUT2D eigenvalue weighted by molar-refractivity contribution is -0.116. The average Bonchev–Trinajstić information content (AvgIpc) is 3.33. The molecule has 3 amide bonds. The lowest BCUT2D eigenvalue weighted by Crippen LogP contribution is -2.41. The standard InChI is InChI=1S/C31H41N5O4/c1-7-9-10-18-35(30(39)32-24-16-14-23(15-17-24)29(38)40-8-2)21-28(37)33-27-20-26(31(4,5)6)34-36(27)25-13-11-12-22(3)19-25/h11-17,19-20H,7-10,18,21H2,1-6H3,(H,32,39)(H,33,37). The molecule has 0 bridgehead atoms. The maximum atomic E-state index is 13.3. The van der Waals surface area contributed by atoms with Crippen molar-refractivity contribution in [1.29, 1.82) is 0 Å². The minimum atomic E-state index is -0.419. The van der Waals surface area contributed by atoms with Gasteiger partial charge in [-0.15, -0.1) is 0 Å². The highest BCUT2D eigenvalue weighted by Gasteiger charge is 2.23. The van der Waals surface area contributed by atoms with Crippen molar-refractivity contribution < 1.29 is 19.1 Å². The molecule has 2 N–H and O–H groups in total. The van der Waals surface area contributed by atoms with Crippen LogP contribution >= 0.6 is 0 Å². The van der Waals surface area contributed by atoms with E-state index in [0.29, 0.717) is 23.6 Å². The van der Waals surface area contributed by atoms with Gasteiger partial charge in [-0.05, 0) is 62.2 Å². The summed E-state index contributed by atoms with van der Waals surface area (Å²) < 4.78 is 6.75. The zero-order valence-corrected chi connectivity index (χ0v) is 24.4. The van der Waals surface area contributed by atoms with Gasteiger partial charge in [-0.3, -0.25) is 4.79 Å². The summed E-state index contributed by atoms with van der Waals surface area (Å²) in [6.45, 7) is 12.6. The Labute approximate surface area is 236 Å². The number of unbranched alkanes of at least 4 members (excludes halogenated alkanes) is 2. The van der Waals surface area contributed by atoms with Crippen LogP contribution in [0.3, 0.4) is 0 Å². The molecule has 0 spiro atoms. The van der Waals surface area contributed by atoms with Gasteiger partial charge in [0.25, 0.3) is 0 Å². The smallest absolute Gasteiger partial charge is 0.338 e. The van der Waals surface area contributed by atoms with Gasteiger partial charge in [0.2, 0.25) is 5.91 Å². The molecular weight excluding hydrogens is 506 g/mol. The average molecular weight is 548 g/mol. The number of aromatic nitrogens is 2. The summed E-state index contributed by atoms with van der Waals surface area (Å²) in [6.07, 6.45) is 2.70. The van der Waals surface area contributed by atoms with Crippen LogP contribution in [0.1, 0.15) is 75.5 Å². The van der Waals surface area contributed by atoms with Crippen molar-refractivity contribution in [1.82, 2.24) is 14.7 Å². The predicted octanol–water partition coefficient (Wildman–Crippen LogP) is 6.32. The number of amides is 3. The Balaban J connectivity index is 1.77. The molecule has 2 aromatic carbocycles. The van der Waals surface area contributed by atoms with E-state index in [9.17, 15) is 14.4 Å². The van der Waals surface area contributed by atoms with Crippen LogP contribution in [0.5, 0.6) is 0 Å². The van der Waals surface area contributed by atoms with E-state index in [4.69, 9.17) is 9.84 Å². The lowest BCUT2D eigenvalue weighted by atomic mass is 9.92. The van der Waals surface area contributed by atoms with E-state index in [0.717, 1.165) is 36.2 Å².